The van der Waals surface area contributed by atoms with Gasteiger partial charge in [0.25, 0.3) is 5.91 Å². The van der Waals surface area contributed by atoms with Gasteiger partial charge in [0.1, 0.15) is 0 Å². The first kappa shape index (κ1) is 18.8. The SMILES string of the molecule is Cc1ncccc1C(=O)N1CCC2(CC1)CC(CC(=O)N(C)C)CCO2. The van der Waals surface area contributed by atoms with Crippen molar-refractivity contribution in [2.75, 3.05) is 33.8 Å². The van der Waals surface area contributed by atoms with Crippen LogP contribution in [0.3, 0.4) is 0 Å². The number of hydrogen-bond donors (Lipinski definition) is 0. The Morgan fingerprint density at radius 3 is 2.73 bits per heavy atom. The monoisotopic (exact) mass is 359 g/mol. The molecule has 0 radical (unpaired) electrons. The van der Waals surface area contributed by atoms with Crippen molar-refractivity contribution in [1.29, 1.82) is 0 Å². The van der Waals surface area contributed by atoms with Gasteiger partial charge in [-0.15, -0.1) is 0 Å². The number of aromatic nitrogens is 1. The lowest BCUT2D eigenvalue weighted by Gasteiger charge is -2.46. The number of rotatable bonds is 3. The van der Waals surface area contributed by atoms with Crippen molar-refractivity contribution in [2.24, 2.45) is 5.92 Å². The fourth-order valence-corrected chi connectivity index (χ4v) is 4.08. The summed E-state index contributed by atoms with van der Waals surface area (Å²) in [6, 6.07) is 3.65. The number of hydrogen-bond acceptors (Lipinski definition) is 4. The summed E-state index contributed by atoms with van der Waals surface area (Å²) in [6.45, 7) is 3.97. The van der Waals surface area contributed by atoms with Crippen LogP contribution in [0.15, 0.2) is 18.3 Å². The van der Waals surface area contributed by atoms with Gasteiger partial charge in [0.05, 0.1) is 11.2 Å². The molecule has 0 saturated carbocycles. The van der Waals surface area contributed by atoms with E-state index in [1.165, 1.54) is 0 Å². The van der Waals surface area contributed by atoms with E-state index in [1.54, 1.807) is 11.1 Å². The molecule has 6 nitrogen and oxygen atoms in total. The van der Waals surface area contributed by atoms with Crippen LogP contribution in [-0.2, 0) is 9.53 Å². The van der Waals surface area contributed by atoms with Crippen molar-refractivity contribution in [3.8, 4) is 0 Å². The first-order chi connectivity index (χ1) is 12.4. The van der Waals surface area contributed by atoms with Crippen molar-refractivity contribution in [3.05, 3.63) is 29.6 Å². The number of carbonyl (C=O) groups excluding carboxylic acids is 2. The number of piperidine rings is 1. The normalized spacial score (nSPS) is 22.3. The van der Waals surface area contributed by atoms with Gasteiger partial charge in [-0.2, -0.15) is 0 Å². The molecule has 0 N–H and O–H groups in total. The van der Waals surface area contributed by atoms with Crippen LogP contribution in [0.25, 0.3) is 0 Å². The highest BCUT2D eigenvalue weighted by molar-refractivity contribution is 5.95. The summed E-state index contributed by atoms with van der Waals surface area (Å²) < 4.78 is 6.16. The van der Waals surface area contributed by atoms with Crippen molar-refractivity contribution < 1.29 is 14.3 Å². The van der Waals surface area contributed by atoms with Gasteiger partial charge in [-0.25, -0.2) is 0 Å². The number of ether oxygens (including phenoxy) is 1. The Balaban J connectivity index is 1.59. The Bertz CT molecular complexity index is 666. The molecule has 0 aliphatic carbocycles. The molecular formula is C20H29N3O3. The minimum absolute atomic E-state index is 0.0561. The highest BCUT2D eigenvalue weighted by Crippen LogP contribution is 2.39. The highest BCUT2D eigenvalue weighted by atomic mass is 16.5. The van der Waals surface area contributed by atoms with E-state index in [0.717, 1.165) is 31.4 Å². The van der Waals surface area contributed by atoms with Crippen LogP contribution >= 0.6 is 0 Å². The van der Waals surface area contributed by atoms with Crippen LogP contribution in [0.2, 0.25) is 0 Å². The van der Waals surface area contributed by atoms with Crippen LogP contribution in [0, 0.1) is 12.8 Å². The molecule has 26 heavy (non-hydrogen) atoms. The smallest absolute Gasteiger partial charge is 0.255 e. The summed E-state index contributed by atoms with van der Waals surface area (Å²) in [5.74, 6) is 0.619. The van der Waals surface area contributed by atoms with E-state index in [4.69, 9.17) is 4.74 Å². The number of likely N-dealkylation sites (tertiary alicyclic amines) is 1. The van der Waals surface area contributed by atoms with Crippen molar-refractivity contribution in [2.45, 2.75) is 44.6 Å². The van der Waals surface area contributed by atoms with Gasteiger partial charge in [-0.05, 0) is 50.7 Å². The largest absolute Gasteiger partial charge is 0.375 e. The Hall–Kier alpha value is -1.95. The third-order valence-electron chi connectivity index (χ3n) is 5.76. The first-order valence-corrected chi connectivity index (χ1v) is 9.45. The molecule has 2 aliphatic rings. The lowest BCUT2D eigenvalue weighted by atomic mass is 9.78. The third-order valence-corrected chi connectivity index (χ3v) is 5.76. The number of pyridine rings is 1. The molecule has 0 aromatic carbocycles. The highest BCUT2D eigenvalue weighted by Gasteiger charge is 2.41. The summed E-state index contributed by atoms with van der Waals surface area (Å²) in [7, 11) is 3.61. The quantitative estimate of drug-likeness (QED) is 0.831. The zero-order chi connectivity index (χ0) is 18.7. The van der Waals surface area contributed by atoms with Gasteiger partial charge in [0.15, 0.2) is 0 Å². The fourth-order valence-electron chi connectivity index (χ4n) is 4.08. The minimum atomic E-state index is -0.170. The predicted octanol–water partition coefficient (Wildman–Crippen LogP) is 2.27. The van der Waals surface area contributed by atoms with Crippen molar-refractivity contribution >= 4 is 11.8 Å². The predicted molar refractivity (Wildman–Crippen MR) is 98.8 cm³/mol. The molecule has 6 heteroatoms. The Morgan fingerprint density at radius 2 is 2.08 bits per heavy atom. The molecule has 1 spiro atoms. The zero-order valence-electron chi connectivity index (χ0n) is 16.0. The molecule has 2 amide bonds. The van der Waals surface area contributed by atoms with Crippen LogP contribution in [-0.4, -0.2) is 66.0 Å². The zero-order valence-corrected chi connectivity index (χ0v) is 16.0. The van der Waals surface area contributed by atoms with E-state index in [-0.39, 0.29) is 17.4 Å². The summed E-state index contributed by atoms with van der Waals surface area (Å²) in [6.07, 6.45) is 5.84. The van der Waals surface area contributed by atoms with Crippen LogP contribution in [0.4, 0.5) is 0 Å². The van der Waals surface area contributed by atoms with E-state index in [1.807, 2.05) is 38.1 Å². The Kier molecular flexibility index (Phi) is 5.61. The lowest BCUT2D eigenvalue weighted by Crippen LogP contribution is -2.51. The second-order valence-electron chi connectivity index (χ2n) is 7.81. The van der Waals surface area contributed by atoms with Gasteiger partial charge in [0.2, 0.25) is 5.91 Å². The molecule has 2 aliphatic heterocycles. The fraction of sp³-hybridized carbons (Fsp3) is 0.650. The van der Waals surface area contributed by atoms with Gasteiger partial charge in [-0.1, -0.05) is 0 Å². The average Bonchev–Trinajstić information content (AvgIpc) is 2.62. The van der Waals surface area contributed by atoms with E-state index in [2.05, 4.69) is 4.98 Å². The maximum Gasteiger partial charge on any atom is 0.255 e. The minimum Gasteiger partial charge on any atom is -0.375 e. The molecule has 1 unspecified atom stereocenters. The molecule has 142 valence electrons. The summed E-state index contributed by atoms with van der Waals surface area (Å²) in [5.41, 5.74) is 1.28. The number of amides is 2. The Labute approximate surface area is 155 Å². The number of nitrogens with zero attached hydrogens (tertiary/aromatic N) is 3. The van der Waals surface area contributed by atoms with E-state index >= 15 is 0 Å². The van der Waals surface area contributed by atoms with Gasteiger partial charge >= 0.3 is 0 Å². The van der Waals surface area contributed by atoms with Crippen LogP contribution in [0.5, 0.6) is 0 Å². The maximum absolute atomic E-state index is 12.8. The van der Waals surface area contributed by atoms with E-state index in [9.17, 15) is 9.59 Å². The van der Waals surface area contributed by atoms with Crippen LogP contribution < -0.4 is 0 Å². The van der Waals surface area contributed by atoms with Crippen LogP contribution in [0.1, 0.15) is 48.2 Å². The summed E-state index contributed by atoms with van der Waals surface area (Å²) in [5, 5.41) is 0. The molecular weight excluding hydrogens is 330 g/mol. The molecule has 0 bridgehead atoms. The molecule has 1 atom stereocenters. The van der Waals surface area contributed by atoms with Crippen molar-refractivity contribution in [3.63, 3.8) is 0 Å². The molecule has 1 aromatic heterocycles. The standard InChI is InChI=1S/C20H29N3O3/c1-15-17(5-4-9-21-15)19(25)23-10-7-20(8-11-23)14-16(6-12-26-20)13-18(24)22(2)3/h4-5,9,16H,6-8,10-14H2,1-3H3. The second kappa shape index (κ2) is 7.74. The number of carbonyl (C=O) groups is 2. The Morgan fingerprint density at radius 1 is 1.35 bits per heavy atom. The van der Waals surface area contributed by atoms with Gasteiger partial charge in [0, 0.05) is 52.1 Å². The molecule has 2 saturated heterocycles. The van der Waals surface area contributed by atoms with E-state index < -0.39 is 0 Å². The molecule has 1 aromatic rings. The number of aryl methyl sites for hydroxylation is 1. The molecule has 3 heterocycles. The summed E-state index contributed by atoms with van der Waals surface area (Å²) in [4.78, 5) is 32.6. The van der Waals surface area contributed by atoms with Gasteiger partial charge in [-0.3, -0.25) is 14.6 Å². The topological polar surface area (TPSA) is 62.7 Å². The third kappa shape index (κ3) is 4.06. The van der Waals surface area contributed by atoms with Gasteiger partial charge < -0.3 is 14.5 Å². The van der Waals surface area contributed by atoms with Crippen molar-refractivity contribution in [1.82, 2.24) is 14.8 Å². The summed E-state index contributed by atoms with van der Waals surface area (Å²) >= 11 is 0. The maximum atomic E-state index is 12.8. The molecule has 3 rings (SSSR count). The van der Waals surface area contributed by atoms with E-state index in [0.29, 0.717) is 37.6 Å². The lowest BCUT2D eigenvalue weighted by molar-refractivity contribution is -0.139. The average molecular weight is 359 g/mol. The second-order valence-corrected chi connectivity index (χ2v) is 7.81. The first-order valence-electron chi connectivity index (χ1n) is 9.45. The molecule has 2 fully saturated rings.